The monoisotopic (exact) mass is 244 g/mol. The predicted molar refractivity (Wildman–Crippen MR) is 57.3 cm³/mol. The molecule has 1 rings (SSSR count). The number of esters is 1. The molecule has 1 atom stereocenters. The Labute approximate surface area is 97.2 Å². The largest absolute Gasteiger partial charge is 0.463 e. The number of benzene rings is 1. The summed E-state index contributed by atoms with van der Waals surface area (Å²) in [5, 5.41) is 0.111. The van der Waals surface area contributed by atoms with Gasteiger partial charge in [0.2, 0.25) is 5.78 Å². The predicted octanol–water partition coefficient (Wildman–Crippen LogP) is 2.42. The van der Waals surface area contributed by atoms with Crippen molar-refractivity contribution >= 4 is 23.4 Å². The van der Waals surface area contributed by atoms with Gasteiger partial charge in [-0.1, -0.05) is 23.7 Å². The van der Waals surface area contributed by atoms with E-state index in [0.717, 1.165) is 0 Å². The van der Waals surface area contributed by atoms with Crippen molar-refractivity contribution in [3.63, 3.8) is 0 Å². The maximum atomic E-state index is 13.4. The molecule has 0 amide bonds. The second kappa shape index (κ2) is 5.61. The number of carbonyl (C=O) groups is 2. The van der Waals surface area contributed by atoms with Gasteiger partial charge in [0.1, 0.15) is 0 Å². The van der Waals surface area contributed by atoms with Crippen molar-refractivity contribution in [1.29, 1.82) is 0 Å². The molecule has 0 saturated carbocycles. The minimum Gasteiger partial charge on any atom is -0.463 e. The summed E-state index contributed by atoms with van der Waals surface area (Å²) >= 11 is 5.71. The van der Waals surface area contributed by atoms with Crippen molar-refractivity contribution in [2.75, 3.05) is 6.61 Å². The maximum absolute atomic E-state index is 13.4. The number of rotatable bonds is 4. The van der Waals surface area contributed by atoms with Crippen LogP contribution in [0.3, 0.4) is 0 Å². The summed E-state index contributed by atoms with van der Waals surface area (Å²) in [6, 6.07) is 5.96. The van der Waals surface area contributed by atoms with Crippen molar-refractivity contribution in [1.82, 2.24) is 0 Å². The normalized spacial score (nSPS) is 11.9. The van der Waals surface area contributed by atoms with Gasteiger partial charge >= 0.3 is 5.97 Å². The summed E-state index contributed by atoms with van der Waals surface area (Å²) in [6.07, 6.45) is -2.32. The lowest BCUT2D eigenvalue weighted by atomic mass is 10.1. The average Bonchev–Trinajstić information content (AvgIpc) is 2.28. The molecule has 0 spiro atoms. The van der Waals surface area contributed by atoms with E-state index in [1.165, 1.54) is 25.1 Å². The Hall–Kier alpha value is -1.42. The minimum absolute atomic E-state index is 0.0229. The molecular formula is C11H10ClFO3. The van der Waals surface area contributed by atoms with Crippen LogP contribution in [-0.4, -0.2) is 24.5 Å². The molecule has 0 saturated heterocycles. The third kappa shape index (κ3) is 2.79. The van der Waals surface area contributed by atoms with Crippen LogP contribution >= 0.6 is 11.6 Å². The topological polar surface area (TPSA) is 43.4 Å². The van der Waals surface area contributed by atoms with Gasteiger partial charge in [-0.15, -0.1) is 0 Å². The fourth-order valence-electron chi connectivity index (χ4n) is 1.12. The lowest BCUT2D eigenvalue weighted by Crippen LogP contribution is -2.28. The van der Waals surface area contributed by atoms with Crippen LogP contribution in [0.4, 0.5) is 4.39 Å². The zero-order valence-corrected chi connectivity index (χ0v) is 9.33. The lowest BCUT2D eigenvalue weighted by Gasteiger charge is -2.07. The van der Waals surface area contributed by atoms with E-state index in [1.54, 1.807) is 6.07 Å². The molecule has 1 unspecified atom stereocenters. The fraction of sp³-hybridized carbons (Fsp3) is 0.273. The van der Waals surface area contributed by atoms with Gasteiger partial charge in [0, 0.05) is 5.56 Å². The first-order chi connectivity index (χ1) is 7.57. The highest BCUT2D eigenvalue weighted by Crippen LogP contribution is 2.18. The fourth-order valence-corrected chi connectivity index (χ4v) is 1.35. The van der Waals surface area contributed by atoms with Gasteiger partial charge in [0.05, 0.1) is 11.6 Å². The van der Waals surface area contributed by atoms with Crippen LogP contribution in [0.5, 0.6) is 0 Å². The summed E-state index contributed by atoms with van der Waals surface area (Å²) in [7, 11) is 0. The molecule has 0 heterocycles. The number of ketones is 1. The smallest absolute Gasteiger partial charge is 0.349 e. The van der Waals surface area contributed by atoms with Crippen molar-refractivity contribution < 1.29 is 18.7 Å². The van der Waals surface area contributed by atoms with Gasteiger partial charge in [0.25, 0.3) is 6.17 Å². The van der Waals surface area contributed by atoms with Crippen molar-refractivity contribution in [2.24, 2.45) is 0 Å². The molecule has 0 radical (unpaired) electrons. The molecule has 0 aromatic heterocycles. The molecule has 0 aliphatic heterocycles. The molecule has 1 aromatic carbocycles. The second-order valence-corrected chi connectivity index (χ2v) is 3.37. The zero-order valence-electron chi connectivity index (χ0n) is 8.57. The molecular weight excluding hydrogens is 235 g/mol. The summed E-state index contributed by atoms with van der Waals surface area (Å²) in [6.45, 7) is 1.56. The number of hydrogen-bond donors (Lipinski definition) is 0. The summed E-state index contributed by atoms with van der Waals surface area (Å²) in [4.78, 5) is 22.5. The standard InChI is InChI=1S/C11H10ClFO3/c1-2-16-11(15)9(13)10(14)7-5-3-4-6-8(7)12/h3-6,9H,2H2,1H3. The Morgan fingerprint density at radius 2 is 2.06 bits per heavy atom. The summed E-state index contributed by atoms with van der Waals surface area (Å²) in [5.41, 5.74) is -0.0234. The Bertz CT molecular complexity index is 406. The Kier molecular flexibility index (Phi) is 4.43. The number of ether oxygens (including phenoxy) is 1. The number of hydrogen-bond acceptors (Lipinski definition) is 3. The van der Waals surface area contributed by atoms with Gasteiger partial charge < -0.3 is 4.74 Å². The van der Waals surface area contributed by atoms with Crippen LogP contribution in [0.2, 0.25) is 5.02 Å². The highest BCUT2D eigenvalue weighted by atomic mass is 35.5. The van der Waals surface area contributed by atoms with E-state index in [2.05, 4.69) is 4.74 Å². The van der Waals surface area contributed by atoms with Crippen molar-refractivity contribution in [3.05, 3.63) is 34.9 Å². The molecule has 0 aliphatic rings. The van der Waals surface area contributed by atoms with E-state index in [-0.39, 0.29) is 17.2 Å². The van der Waals surface area contributed by atoms with Gasteiger partial charge in [0.15, 0.2) is 0 Å². The van der Waals surface area contributed by atoms with E-state index < -0.39 is 17.9 Å². The third-order valence-electron chi connectivity index (χ3n) is 1.86. The molecule has 0 aliphatic carbocycles. The maximum Gasteiger partial charge on any atom is 0.349 e. The third-order valence-corrected chi connectivity index (χ3v) is 2.19. The first-order valence-corrected chi connectivity index (χ1v) is 5.05. The summed E-state index contributed by atoms with van der Waals surface area (Å²) in [5.74, 6) is -2.17. The number of alkyl halides is 1. The van der Waals surface area contributed by atoms with Crippen molar-refractivity contribution in [3.8, 4) is 0 Å². The Morgan fingerprint density at radius 3 is 2.62 bits per heavy atom. The highest BCUT2D eigenvalue weighted by Gasteiger charge is 2.29. The van der Waals surface area contributed by atoms with Gasteiger partial charge in [-0.05, 0) is 19.1 Å². The second-order valence-electron chi connectivity index (χ2n) is 2.96. The van der Waals surface area contributed by atoms with Crippen LogP contribution in [0, 0.1) is 0 Å². The number of halogens is 2. The molecule has 1 aromatic rings. The molecule has 0 N–H and O–H groups in total. The van der Waals surface area contributed by atoms with Crippen LogP contribution in [0.15, 0.2) is 24.3 Å². The zero-order chi connectivity index (χ0) is 12.1. The molecule has 3 nitrogen and oxygen atoms in total. The first-order valence-electron chi connectivity index (χ1n) is 4.67. The Balaban J connectivity index is 2.86. The molecule has 86 valence electrons. The van der Waals surface area contributed by atoms with Crippen LogP contribution in [-0.2, 0) is 9.53 Å². The molecule has 16 heavy (non-hydrogen) atoms. The van der Waals surface area contributed by atoms with Gasteiger partial charge in [-0.25, -0.2) is 9.18 Å². The minimum atomic E-state index is -2.32. The van der Waals surface area contributed by atoms with Crippen LogP contribution < -0.4 is 0 Å². The van der Waals surface area contributed by atoms with E-state index >= 15 is 0 Å². The van der Waals surface area contributed by atoms with Gasteiger partial charge in [-0.2, -0.15) is 0 Å². The molecule has 5 heteroatoms. The summed E-state index contributed by atoms with van der Waals surface area (Å²) < 4.78 is 17.8. The van der Waals surface area contributed by atoms with E-state index in [1.807, 2.05) is 0 Å². The van der Waals surface area contributed by atoms with Gasteiger partial charge in [-0.3, -0.25) is 4.79 Å². The van der Waals surface area contributed by atoms with E-state index in [0.29, 0.717) is 0 Å². The van der Waals surface area contributed by atoms with E-state index in [9.17, 15) is 14.0 Å². The highest BCUT2D eigenvalue weighted by molar-refractivity contribution is 6.34. The number of Topliss-reactive ketones (excluding diaryl/α,β-unsaturated/α-hetero) is 1. The van der Waals surface area contributed by atoms with Crippen LogP contribution in [0.1, 0.15) is 17.3 Å². The molecule has 0 bridgehead atoms. The van der Waals surface area contributed by atoms with Crippen LogP contribution in [0.25, 0.3) is 0 Å². The molecule has 0 fully saturated rings. The quantitative estimate of drug-likeness (QED) is 0.464. The van der Waals surface area contributed by atoms with Crippen molar-refractivity contribution in [2.45, 2.75) is 13.1 Å². The van der Waals surface area contributed by atoms with E-state index in [4.69, 9.17) is 11.6 Å². The average molecular weight is 245 g/mol. The first kappa shape index (κ1) is 12.6. The SMILES string of the molecule is CCOC(=O)C(F)C(=O)c1ccccc1Cl. The lowest BCUT2D eigenvalue weighted by molar-refractivity contribution is -0.147. The number of carbonyl (C=O) groups excluding carboxylic acids is 2. The Morgan fingerprint density at radius 1 is 1.44 bits per heavy atom.